The van der Waals surface area contributed by atoms with E-state index < -0.39 is 5.91 Å². The topological polar surface area (TPSA) is 105 Å². The van der Waals surface area contributed by atoms with Crippen molar-refractivity contribution in [2.75, 3.05) is 0 Å². The van der Waals surface area contributed by atoms with Crippen LogP contribution in [0.25, 0.3) is 11.0 Å². The number of rotatable bonds is 3. The molecule has 0 saturated carbocycles. The standard InChI is InChI=1S/C16H9Br2N3O4/c17-11-5-10-13(22)9(7-25-15(10)12(18)14(11)23)6-20-21-16(24)8-1-3-19-4-2-8/h1-7,23H,(H,21,24)/b20-6+. The number of pyridine rings is 1. The number of amides is 1. The quantitative estimate of drug-likeness (QED) is 0.455. The number of carbonyl (C=O) groups is 1. The highest BCUT2D eigenvalue weighted by Gasteiger charge is 2.15. The number of hydrogen-bond acceptors (Lipinski definition) is 6. The Morgan fingerprint density at radius 1 is 1.32 bits per heavy atom. The second-order valence-electron chi connectivity index (χ2n) is 4.85. The van der Waals surface area contributed by atoms with Gasteiger partial charge in [0.1, 0.15) is 16.5 Å². The Kier molecular flexibility index (Phi) is 4.95. The molecule has 25 heavy (non-hydrogen) atoms. The molecule has 0 fully saturated rings. The first-order chi connectivity index (χ1) is 12.0. The van der Waals surface area contributed by atoms with E-state index in [-0.39, 0.29) is 32.2 Å². The summed E-state index contributed by atoms with van der Waals surface area (Å²) < 4.78 is 6.01. The largest absolute Gasteiger partial charge is 0.505 e. The highest BCUT2D eigenvalue weighted by Crippen LogP contribution is 2.37. The van der Waals surface area contributed by atoms with Gasteiger partial charge in [0.15, 0.2) is 5.58 Å². The van der Waals surface area contributed by atoms with E-state index in [9.17, 15) is 14.7 Å². The van der Waals surface area contributed by atoms with Gasteiger partial charge in [-0.1, -0.05) is 0 Å². The maximum absolute atomic E-state index is 12.5. The monoisotopic (exact) mass is 465 g/mol. The third kappa shape index (κ3) is 3.47. The fraction of sp³-hybridized carbons (Fsp3) is 0. The number of hydrazone groups is 1. The lowest BCUT2D eigenvalue weighted by molar-refractivity contribution is 0.0955. The van der Waals surface area contributed by atoms with Crippen LogP contribution in [0.5, 0.6) is 5.75 Å². The van der Waals surface area contributed by atoms with Crippen LogP contribution in [0.2, 0.25) is 0 Å². The van der Waals surface area contributed by atoms with Crippen LogP contribution in [-0.4, -0.2) is 22.2 Å². The molecule has 0 aliphatic heterocycles. The number of benzene rings is 1. The van der Waals surface area contributed by atoms with Crippen LogP contribution >= 0.6 is 31.9 Å². The van der Waals surface area contributed by atoms with E-state index in [1.807, 2.05) is 0 Å². The van der Waals surface area contributed by atoms with Gasteiger partial charge >= 0.3 is 0 Å². The van der Waals surface area contributed by atoms with Gasteiger partial charge in [-0.05, 0) is 50.1 Å². The Hall–Kier alpha value is -2.52. The summed E-state index contributed by atoms with van der Waals surface area (Å²) in [6, 6.07) is 4.53. The number of fused-ring (bicyclic) bond motifs is 1. The van der Waals surface area contributed by atoms with Crippen molar-refractivity contribution < 1.29 is 14.3 Å². The predicted octanol–water partition coefficient (Wildman–Crippen LogP) is 3.18. The van der Waals surface area contributed by atoms with Crippen LogP contribution in [0.1, 0.15) is 15.9 Å². The molecule has 2 aromatic heterocycles. The molecule has 126 valence electrons. The average molecular weight is 467 g/mol. The van der Waals surface area contributed by atoms with Gasteiger partial charge in [-0.3, -0.25) is 14.6 Å². The zero-order chi connectivity index (χ0) is 18.0. The first-order valence-electron chi connectivity index (χ1n) is 6.85. The molecule has 0 radical (unpaired) electrons. The van der Waals surface area contributed by atoms with Crippen molar-refractivity contribution >= 4 is 55.0 Å². The molecular weight excluding hydrogens is 458 g/mol. The summed E-state index contributed by atoms with van der Waals surface area (Å²) in [6.07, 6.45) is 5.37. The molecule has 0 unspecified atom stereocenters. The van der Waals surface area contributed by atoms with Crippen molar-refractivity contribution in [1.29, 1.82) is 0 Å². The Morgan fingerprint density at radius 3 is 2.76 bits per heavy atom. The number of phenols is 1. The molecule has 0 saturated heterocycles. The van der Waals surface area contributed by atoms with Crippen molar-refractivity contribution in [2.24, 2.45) is 5.10 Å². The Balaban J connectivity index is 1.90. The number of aromatic hydroxyl groups is 1. The van der Waals surface area contributed by atoms with Gasteiger partial charge in [0.2, 0.25) is 5.43 Å². The van der Waals surface area contributed by atoms with E-state index in [0.29, 0.717) is 10.0 Å². The molecule has 0 atom stereocenters. The lowest BCUT2D eigenvalue weighted by atomic mass is 10.2. The minimum atomic E-state index is -0.431. The average Bonchev–Trinajstić information content (AvgIpc) is 2.63. The second-order valence-corrected chi connectivity index (χ2v) is 6.50. The fourth-order valence-electron chi connectivity index (χ4n) is 2.02. The minimum absolute atomic E-state index is 0.0679. The van der Waals surface area contributed by atoms with Crippen LogP contribution in [-0.2, 0) is 0 Å². The predicted molar refractivity (Wildman–Crippen MR) is 98.8 cm³/mol. The Morgan fingerprint density at radius 2 is 2.04 bits per heavy atom. The molecule has 1 aromatic carbocycles. The molecule has 3 rings (SSSR count). The van der Waals surface area contributed by atoms with Crippen LogP contribution < -0.4 is 10.9 Å². The van der Waals surface area contributed by atoms with Gasteiger partial charge in [0.25, 0.3) is 5.91 Å². The lowest BCUT2D eigenvalue weighted by Crippen LogP contribution is -2.18. The zero-order valence-electron chi connectivity index (χ0n) is 12.4. The minimum Gasteiger partial charge on any atom is -0.505 e. The van der Waals surface area contributed by atoms with Crippen molar-refractivity contribution in [3.05, 3.63) is 67.2 Å². The van der Waals surface area contributed by atoms with Crippen molar-refractivity contribution in [2.45, 2.75) is 0 Å². The smallest absolute Gasteiger partial charge is 0.271 e. The summed E-state index contributed by atoms with van der Waals surface area (Å²) >= 11 is 6.35. The fourth-order valence-corrected chi connectivity index (χ4v) is 3.24. The van der Waals surface area contributed by atoms with E-state index in [0.717, 1.165) is 0 Å². The number of halogens is 2. The zero-order valence-corrected chi connectivity index (χ0v) is 15.5. The van der Waals surface area contributed by atoms with Crippen LogP contribution in [0.15, 0.2) is 60.1 Å². The molecule has 0 bridgehead atoms. The summed E-state index contributed by atoms with van der Waals surface area (Å²) in [5.74, 6) is -0.499. The first-order valence-corrected chi connectivity index (χ1v) is 8.43. The normalized spacial score (nSPS) is 11.1. The van der Waals surface area contributed by atoms with E-state index in [2.05, 4.69) is 47.4 Å². The van der Waals surface area contributed by atoms with Crippen LogP contribution in [0.4, 0.5) is 0 Å². The maximum Gasteiger partial charge on any atom is 0.271 e. The number of hydrogen-bond donors (Lipinski definition) is 2. The summed E-state index contributed by atoms with van der Waals surface area (Å²) in [5, 5.41) is 13.9. The van der Waals surface area contributed by atoms with Gasteiger partial charge in [0, 0.05) is 18.0 Å². The molecule has 7 nitrogen and oxygen atoms in total. The highest BCUT2D eigenvalue weighted by atomic mass is 79.9. The second kappa shape index (κ2) is 7.16. The number of nitrogens with zero attached hydrogens (tertiary/aromatic N) is 2. The molecular formula is C16H9Br2N3O4. The van der Waals surface area contributed by atoms with Crippen molar-refractivity contribution in [3.63, 3.8) is 0 Å². The number of nitrogens with one attached hydrogen (secondary N) is 1. The molecule has 0 spiro atoms. The molecule has 3 aromatic rings. The van der Waals surface area contributed by atoms with Crippen LogP contribution in [0, 0.1) is 0 Å². The van der Waals surface area contributed by atoms with Gasteiger partial charge < -0.3 is 9.52 Å². The third-order valence-electron chi connectivity index (χ3n) is 3.27. The van der Waals surface area contributed by atoms with E-state index in [4.69, 9.17) is 4.42 Å². The van der Waals surface area contributed by atoms with Gasteiger partial charge in [-0.25, -0.2) is 5.43 Å². The highest BCUT2D eigenvalue weighted by molar-refractivity contribution is 9.11. The molecule has 2 heterocycles. The molecule has 0 aliphatic carbocycles. The molecule has 1 amide bonds. The van der Waals surface area contributed by atoms with E-state index in [1.165, 1.54) is 43.1 Å². The first kappa shape index (κ1) is 17.3. The van der Waals surface area contributed by atoms with Crippen molar-refractivity contribution in [3.8, 4) is 5.75 Å². The summed E-state index contributed by atoms with van der Waals surface area (Å²) in [6.45, 7) is 0. The van der Waals surface area contributed by atoms with E-state index in [1.54, 1.807) is 0 Å². The summed E-state index contributed by atoms with van der Waals surface area (Å²) in [5.41, 5.74) is 2.71. The van der Waals surface area contributed by atoms with Crippen molar-refractivity contribution in [1.82, 2.24) is 10.4 Å². The summed E-state index contributed by atoms with van der Waals surface area (Å²) in [4.78, 5) is 28.2. The van der Waals surface area contributed by atoms with Crippen LogP contribution in [0.3, 0.4) is 0 Å². The Bertz CT molecular complexity index is 1050. The Labute approximate surface area is 157 Å². The van der Waals surface area contributed by atoms with Gasteiger partial charge in [0.05, 0.1) is 21.6 Å². The van der Waals surface area contributed by atoms with Gasteiger partial charge in [-0.2, -0.15) is 5.10 Å². The lowest BCUT2D eigenvalue weighted by Gasteiger charge is -2.05. The third-order valence-corrected chi connectivity index (χ3v) is 4.61. The van der Waals surface area contributed by atoms with E-state index >= 15 is 0 Å². The molecule has 9 heteroatoms. The molecule has 2 N–H and O–H groups in total. The number of phenolic OH excluding ortho intramolecular Hbond substituents is 1. The SMILES string of the molecule is O=C(N/N=C/c1coc2c(Br)c(O)c(Br)cc2c1=O)c1ccncc1. The summed E-state index contributed by atoms with van der Waals surface area (Å²) in [7, 11) is 0. The maximum atomic E-state index is 12.5. The number of aromatic nitrogens is 1. The number of carbonyl (C=O) groups excluding carboxylic acids is 1. The molecule has 0 aliphatic rings. The van der Waals surface area contributed by atoms with Gasteiger partial charge in [-0.15, -0.1) is 0 Å².